The third kappa shape index (κ3) is 2.84. The summed E-state index contributed by atoms with van der Waals surface area (Å²) in [6.45, 7) is 2.55. The molecule has 4 heteroatoms. The third-order valence-electron chi connectivity index (χ3n) is 3.32. The van der Waals surface area contributed by atoms with Gasteiger partial charge in [-0.2, -0.15) is 5.10 Å². The van der Waals surface area contributed by atoms with Gasteiger partial charge in [0, 0.05) is 18.4 Å². The molecule has 1 aromatic rings. The Morgan fingerprint density at radius 3 is 3.00 bits per heavy atom. The maximum atomic E-state index is 11.8. The van der Waals surface area contributed by atoms with E-state index in [0.717, 1.165) is 6.42 Å². The Labute approximate surface area is 96.0 Å². The molecule has 0 bridgehead atoms. The summed E-state index contributed by atoms with van der Waals surface area (Å²) in [5.41, 5.74) is 0. The number of hydrogen-bond donors (Lipinski definition) is 1. The second-order valence-electron chi connectivity index (χ2n) is 4.64. The molecule has 1 heterocycles. The zero-order chi connectivity index (χ0) is 11.4. The summed E-state index contributed by atoms with van der Waals surface area (Å²) in [5, 5.41) is 7.13. The summed E-state index contributed by atoms with van der Waals surface area (Å²) in [4.78, 5) is 11.8. The SMILES string of the molecule is CC1CCCCC1NC(=O)Cn1cccn1. The van der Waals surface area contributed by atoms with Crippen LogP contribution in [0.5, 0.6) is 0 Å². The molecule has 1 amide bonds. The van der Waals surface area contributed by atoms with E-state index in [1.54, 1.807) is 10.9 Å². The molecular weight excluding hydrogens is 202 g/mol. The van der Waals surface area contributed by atoms with E-state index in [4.69, 9.17) is 0 Å². The highest BCUT2D eigenvalue weighted by Gasteiger charge is 2.22. The van der Waals surface area contributed by atoms with Gasteiger partial charge in [0.25, 0.3) is 0 Å². The topological polar surface area (TPSA) is 46.9 Å². The van der Waals surface area contributed by atoms with Crippen LogP contribution in [0.2, 0.25) is 0 Å². The molecule has 0 saturated heterocycles. The Kier molecular flexibility index (Phi) is 3.59. The first kappa shape index (κ1) is 11.2. The van der Waals surface area contributed by atoms with Gasteiger partial charge in [-0.3, -0.25) is 9.48 Å². The molecule has 0 aliphatic heterocycles. The molecule has 0 spiro atoms. The molecule has 2 unspecified atom stereocenters. The summed E-state index contributed by atoms with van der Waals surface area (Å²) in [7, 11) is 0. The Morgan fingerprint density at radius 2 is 2.31 bits per heavy atom. The lowest BCUT2D eigenvalue weighted by atomic mass is 9.86. The van der Waals surface area contributed by atoms with Crippen LogP contribution in [-0.4, -0.2) is 21.7 Å². The highest BCUT2D eigenvalue weighted by molar-refractivity contribution is 5.75. The first-order chi connectivity index (χ1) is 7.75. The van der Waals surface area contributed by atoms with Gasteiger partial charge < -0.3 is 5.32 Å². The number of amides is 1. The van der Waals surface area contributed by atoms with Crippen molar-refractivity contribution in [2.24, 2.45) is 5.92 Å². The molecule has 2 rings (SSSR count). The van der Waals surface area contributed by atoms with E-state index >= 15 is 0 Å². The van der Waals surface area contributed by atoms with Crippen molar-refractivity contribution in [3.63, 3.8) is 0 Å². The molecule has 1 saturated carbocycles. The van der Waals surface area contributed by atoms with Crippen LogP contribution in [0.25, 0.3) is 0 Å². The minimum absolute atomic E-state index is 0.0717. The van der Waals surface area contributed by atoms with Crippen LogP contribution >= 0.6 is 0 Å². The Morgan fingerprint density at radius 1 is 1.50 bits per heavy atom. The minimum Gasteiger partial charge on any atom is -0.351 e. The monoisotopic (exact) mass is 221 g/mol. The average Bonchev–Trinajstić information content (AvgIpc) is 2.74. The predicted molar refractivity (Wildman–Crippen MR) is 61.8 cm³/mol. The number of hydrogen-bond acceptors (Lipinski definition) is 2. The molecular formula is C12H19N3O. The summed E-state index contributed by atoms with van der Waals surface area (Å²) in [5.74, 6) is 0.678. The molecule has 1 aliphatic rings. The first-order valence-corrected chi connectivity index (χ1v) is 6.02. The quantitative estimate of drug-likeness (QED) is 0.842. The van der Waals surface area contributed by atoms with Crippen molar-refractivity contribution in [2.75, 3.05) is 0 Å². The highest BCUT2D eigenvalue weighted by atomic mass is 16.2. The van der Waals surface area contributed by atoms with E-state index in [2.05, 4.69) is 17.3 Å². The molecule has 1 aliphatic carbocycles. The number of carbonyl (C=O) groups excluding carboxylic acids is 1. The number of nitrogens with zero attached hydrogens (tertiary/aromatic N) is 2. The van der Waals surface area contributed by atoms with Crippen molar-refractivity contribution in [3.05, 3.63) is 18.5 Å². The van der Waals surface area contributed by atoms with Gasteiger partial charge in [-0.1, -0.05) is 19.8 Å². The molecule has 88 valence electrons. The lowest BCUT2D eigenvalue weighted by Gasteiger charge is -2.29. The summed E-state index contributed by atoms with van der Waals surface area (Å²) in [6.07, 6.45) is 8.38. The Balaban J connectivity index is 1.82. The zero-order valence-electron chi connectivity index (χ0n) is 9.72. The van der Waals surface area contributed by atoms with Gasteiger partial charge in [-0.05, 0) is 24.8 Å². The standard InChI is InChI=1S/C12H19N3O/c1-10-5-2-3-6-11(10)14-12(16)9-15-8-4-7-13-15/h4,7-8,10-11H,2-3,5-6,9H2,1H3,(H,14,16). The van der Waals surface area contributed by atoms with Gasteiger partial charge in [-0.15, -0.1) is 0 Å². The number of aromatic nitrogens is 2. The molecule has 16 heavy (non-hydrogen) atoms. The van der Waals surface area contributed by atoms with Crippen molar-refractivity contribution >= 4 is 5.91 Å². The predicted octanol–water partition coefficient (Wildman–Crippen LogP) is 1.58. The maximum absolute atomic E-state index is 11.8. The van der Waals surface area contributed by atoms with Crippen molar-refractivity contribution in [1.29, 1.82) is 0 Å². The van der Waals surface area contributed by atoms with Crippen LogP contribution in [-0.2, 0) is 11.3 Å². The van der Waals surface area contributed by atoms with Gasteiger partial charge in [0.05, 0.1) is 0 Å². The van der Waals surface area contributed by atoms with Crippen molar-refractivity contribution < 1.29 is 4.79 Å². The first-order valence-electron chi connectivity index (χ1n) is 6.02. The van der Waals surface area contributed by atoms with Gasteiger partial charge in [-0.25, -0.2) is 0 Å². The minimum atomic E-state index is 0.0717. The fourth-order valence-corrected chi connectivity index (χ4v) is 2.32. The average molecular weight is 221 g/mol. The molecule has 0 aromatic carbocycles. The second-order valence-corrected chi connectivity index (χ2v) is 4.64. The molecule has 1 aromatic heterocycles. The number of rotatable bonds is 3. The van der Waals surface area contributed by atoms with Crippen LogP contribution in [0.1, 0.15) is 32.6 Å². The van der Waals surface area contributed by atoms with Crippen molar-refractivity contribution in [2.45, 2.75) is 45.2 Å². The molecule has 4 nitrogen and oxygen atoms in total. The van der Waals surface area contributed by atoms with Crippen LogP contribution in [0.3, 0.4) is 0 Å². The van der Waals surface area contributed by atoms with E-state index in [-0.39, 0.29) is 5.91 Å². The van der Waals surface area contributed by atoms with Crippen LogP contribution in [0.15, 0.2) is 18.5 Å². The Bertz CT molecular complexity index is 334. The normalized spacial score (nSPS) is 25.3. The zero-order valence-corrected chi connectivity index (χ0v) is 9.72. The van der Waals surface area contributed by atoms with E-state index in [9.17, 15) is 4.79 Å². The van der Waals surface area contributed by atoms with E-state index in [0.29, 0.717) is 18.5 Å². The van der Waals surface area contributed by atoms with Gasteiger partial charge in [0.1, 0.15) is 6.54 Å². The molecule has 1 fully saturated rings. The van der Waals surface area contributed by atoms with Crippen molar-refractivity contribution in [3.8, 4) is 0 Å². The highest BCUT2D eigenvalue weighted by Crippen LogP contribution is 2.23. The fourth-order valence-electron chi connectivity index (χ4n) is 2.32. The Hall–Kier alpha value is -1.32. The summed E-state index contributed by atoms with van der Waals surface area (Å²) >= 11 is 0. The fraction of sp³-hybridized carbons (Fsp3) is 0.667. The van der Waals surface area contributed by atoms with Crippen LogP contribution in [0.4, 0.5) is 0 Å². The number of nitrogens with one attached hydrogen (secondary N) is 1. The maximum Gasteiger partial charge on any atom is 0.241 e. The molecule has 1 N–H and O–H groups in total. The van der Waals surface area contributed by atoms with Crippen LogP contribution < -0.4 is 5.32 Å². The van der Waals surface area contributed by atoms with E-state index in [1.807, 2.05) is 12.3 Å². The van der Waals surface area contributed by atoms with Gasteiger partial charge in [0.2, 0.25) is 5.91 Å². The van der Waals surface area contributed by atoms with Crippen LogP contribution in [0, 0.1) is 5.92 Å². The van der Waals surface area contributed by atoms with E-state index < -0.39 is 0 Å². The lowest BCUT2D eigenvalue weighted by molar-refractivity contribution is -0.123. The van der Waals surface area contributed by atoms with Gasteiger partial charge in [0.15, 0.2) is 0 Å². The second kappa shape index (κ2) is 5.14. The van der Waals surface area contributed by atoms with E-state index in [1.165, 1.54) is 19.3 Å². The largest absolute Gasteiger partial charge is 0.351 e. The third-order valence-corrected chi connectivity index (χ3v) is 3.32. The van der Waals surface area contributed by atoms with Gasteiger partial charge >= 0.3 is 0 Å². The summed E-state index contributed by atoms with van der Waals surface area (Å²) < 4.78 is 1.66. The number of carbonyl (C=O) groups is 1. The van der Waals surface area contributed by atoms with Crippen molar-refractivity contribution in [1.82, 2.24) is 15.1 Å². The smallest absolute Gasteiger partial charge is 0.241 e. The lowest BCUT2D eigenvalue weighted by Crippen LogP contribution is -2.42. The molecule has 0 radical (unpaired) electrons. The molecule has 2 atom stereocenters. The summed E-state index contributed by atoms with van der Waals surface area (Å²) in [6, 6.07) is 2.19.